The minimum atomic E-state index is 0.108. The summed E-state index contributed by atoms with van der Waals surface area (Å²) in [4.78, 5) is 2.17. The smallest absolute Gasteiger partial charge is 0.123 e. The minimum absolute atomic E-state index is 0.108. The molecule has 0 saturated carbocycles. The van der Waals surface area contributed by atoms with E-state index >= 15 is 0 Å². The highest BCUT2D eigenvalue weighted by Crippen LogP contribution is 2.15. The number of rotatable bonds is 5. The molecule has 2 aromatic rings. The molecule has 0 radical (unpaired) electrons. The van der Waals surface area contributed by atoms with Gasteiger partial charge in [0.05, 0.1) is 0 Å². The van der Waals surface area contributed by atoms with Gasteiger partial charge in [0.25, 0.3) is 0 Å². The molecule has 3 nitrogen and oxygen atoms in total. The Morgan fingerprint density at radius 3 is 2.60 bits per heavy atom. The summed E-state index contributed by atoms with van der Waals surface area (Å²) < 4.78 is 0. The van der Waals surface area contributed by atoms with Crippen LogP contribution in [0.3, 0.4) is 0 Å². The second-order valence-electron chi connectivity index (χ2n) is 4.87. The summed E-state index contributed by atoms with van der Waals surface area (Å²) >= 11 is 5.99. The molecular weight excluding hydrogens is 270 g/mol. The normalized spacial score (nSPS) is 10.8. The summed E-state index contributed by atoms with van der Waals surface area (Å²) in [7, 11) is 2.04. The molecule has 4 heteroatoms. The highest BCUT2D eigenvalue weighted by atomic mass is 35.5. The van der Waals surface area contributed by atoms with E-state index in [0.29, 0.717) is 0 Å². The topological polar surface area (TPSA) is 53.1 Å². The molecule has 0 amide bonds. The number of halogens is 1. The van der Waals surface area contributed by atoms with Crippen LogP contribution < -0.4 is 5.73 Å². The number of nitrogens with two attached hydrogens (primary N) is 1. The molecule has 20 heavy (non-hydrogen) atoms. The van der Waals surface area contributed by atoms with Gasteiger partial charge in [0.15, 0.2) is 0 Å². The van der Waals surface area contributed by atoms with Crippen molar-refractivity contribution in [1.82, 2.24) is 4.90 Å². The zero-order chi connectivity index (χ0) is 14.5. The summed E-state index contributed by atoms with van der Waals surface area (Å²) in [5.74, 6) is 0.108. The van der Waals surface area contributed by atoms with Gasteiger partial charge < -0.3 is 5.73 Å². The number of nitrogen functional groups attached to an aromatic ring is 1. The van der Waals surface area contributed by atoms with Crippen molar-refractivity contribution >= 4 is 17.4 Å². The van der Waals surface area contributed by atoms with Gasteiger partial charge in [-0.3, -0.25) is 10.3 Å². The van der Waals surface area contributed by atoms with Crippen LogP contribution in [0.4, 0.5) is 0 Å². The van der Waals surface area contributed by atoms with Gasteiger partial charge in [0.1, 0.15) is 5.84 Å². The predicted octanol–water partition coefficient (Wildman–Crippen LogP) is 3.26. The predicted molar refractivity (Wildman–Crippen MR) is 84.1 cm³/mol. The van der Waals surface area contributed by atoms with E-state index in [2.05, 4.69) is 11.0 Å². The van der Waals surface area contributed by atoms with Gasteiger partial charge in [-0.05, 0) is 30.3 Å². The van der Waals surface area contributed by atoms with Crippen LogP contribution >= 0.6 is 11.6 Å². The highest BCUT2D eigenvalue weighted by molar-refractivity contribution is 6.30. The number of hydrogen-bond acceptors (Lipinski definition) is 2. The van der Waals surface area contributed by atoms with E-state index in [9.17, 15) is 0 Å². The van der Waals surface area contributed by atoms with Crippen LogP contribution in [0, 0.1) is 5.41 Å². The summed E-state index contributed by atoms with van der Waals surface area (Å²) in [6.45, 7) is 1.54. The third kappa shape index (κ3) is 3.83. The van der Waals surface area contributed by atoms with Crippen molar-refractivity contribution in [2.45, 2.75) is 13.1 Å². The average molecular weight is 288 g/mol. The van der Waals surface area contributed by atoms with E-state index < -0.39 is 0 Å². The van der Waals surface area contributed by atoms with Gasteiger partial charge in [0, 0.05) is 23.7 Å². The van der Waals surface area contributed by atoms with Gasteiger partial charge in [-0.2, -0.15) is 0 Å². The first-order valence-electron chi connectivity index (χ1n) is 6.41. The Bertz CT molecular complexity index is 610. The molecule has 2 aromatic carbocycles. The first kappa shape index (κ1) is 14.6. The minimum Gasteiger partial charge on any atom is -0.384 e. The fourth-order valence-electron chi connectivity index (χ4n) is 2.21. The summed E-state index contributed by atoms with van der Waals surface area (Å²) in [5, 5.41) is 8.36. The Morgan fingerprint density at radius 2 is 1.90 bits per heavy atom. The lowest BCUT2D eigenvalue weighted by atomic mass is 10.1. The van der Waals surface area contributed by atoms with Crippen LogP contribution in [0.15, 0.2) is 48.5 Å². The SMILES string of the molecule is CN(Cc1cccc(Cl)c1)Cc1ccccc1C(=N)N. The second kappa shape index (κ2) is 6.55. The molecular formula is C16H18ClN3. The fraction of sp³-hybridized carbons (Fsp3) is 0.188. The first-order chi connectivity index (χ1) is 9.56. The van der Waals surface area contributed by atoms with Crippen LogP contribution in [0.25, 0.3) is 0 Å². The van der Waals surface area contributed by atoms with Crippen molar-refractivity contribution < 1.29 is 0 Å². The molecule has 0 unspecified atom stereocenters. The van der Waals surface area contributed by atoms with Crippen molar-refractivity contribution in [3.63, 3.8) is 0 Å². The van der Waals surface area contributed by atoms with E-state index in [1.165, 1.54) is 5.56 Å². The summed E-state index contributed by atoms with van der Waals surface area (Å²) in [6, 6.07) is 15.6. The summed E-state index contributed by atoms with van der Waals surface area (Å²) in [6.07, 6.45) is 0. The molecule has 0 aliphatic heterocycles. The molecule has 0 aromatic heterocycles. The quantitative estimate of drug-likeness (QED) is 0.655. The highest BCUT2D eigenvalue weighted by Gasteiger charge is 2.08. The number of nitrogens with one attached hydrogen (secondary N) is 1. The Labute approximate surface area is 124 Å². The largest absolute Gasteiger partial charge is 0.384 e. The maximum Gasteiger partial charge on any atom is 0.123 e. The molecule has 0 spiro atoms. The number of nitrogens with zero attached hydrogens (tertiary/aromatic N) is 1. The zero-order valence-corrected chi connectivity index (χ0v) is 12.2. The molecule has 0 fully saturated rings. The van der Waals surface area contributed by atoms with Crippen LogP contribution in [0.5, 0.6) is 0 Å². The van der Waals surface area contributed by atoms with Gasteiger partial charge in [0.2, 0.25) is 0 Å². The molecule has 0 saturated heterocycles. The molecule has 0 bridgehead atoms. The number of hydrogen-bond donors (Lipinski definition) is 2. The number of benzene rings is 2. The van der Waals surface area contributed by atoms with Gasteiger partial charge >= 0.3 is 0 Å². The second-order valence-corrected chi connectivity index (χ2v) is 5.31. The van der Waals surface area contributed by atoms with Crippen molar-refractivity contribution in [2.75, 3.05) is 7.05 Å². The first-order valence-corrected chi connectivity index (χ1v) is 6.79. The third-order valence-electron chi connectivity index (χ3n) is 3.09. The molecule has 0 atom stereocenters. The molecule has 0 aliphatic carbocycles. The molecule has 0 aliphatic rings. The maximum absolute atomic E-state index is 7.61. The van der Waals surface area contributed by atoms with Gasteiger partial charge in [-0.1, -0.05) is 48.0 Å². The van der Waals surface area contributed by atoms with Gasteiger partial charge in [-0.15, -0.1) is 0 Å². The van der Waals surface area contributed by atoms with E-state index in [0.717, 1.165) is 29.2 Å². The number of amidine groups is 1. The van der Waals surface area contributed by atoms with Crippen molar-refractivity contribution in [1.29, 1.82) is 5.41 Å². The molecule has 0 heterocycles. The lowest BCUT2D eigenvalue weighted by molar-refractivity contribution is 0.319. The average Bonchev–Trinajstić information content (AvgIpc) is 2.38. The molecule has 2 rings (SSSR count). The van der Waals surface area contributed by atoms with Crippen LogP contribution in [0.2, 0.25) is 5.02 Å². The van der Waals surface area contributed by atoms with Crippen molar-refractivity contribution in [3.8, 4) is 0 Å². The maximum atomic E-state index is 7.61. The molecule has 3 N–H and O–H groups in total. The van der Waals surface area contributed by atoms with Crippen LogP contribution in [-0.2, 0) is 13.1 Å². The third-order valence-corrected chi connectivity index (χ3v) is 3.32. The van der Waals surface area contributed by atoms with E-state index in [-0.39, 0.29) is 5.84 Å². The zero-order valence-electron chi connectivity index (χ0n) is 11.4. The van der Waals surface area contributed by atoms with Crippen LogP contribution in [-0.4, -0.2) is 17.8 Å². The Morgan fingerprint density at radius 1 is 1.15 bits per heavy atom. The lowest BCUT2D eigenvalue weighted by Crippen LogP contribution is -2.21. The van der Waals surface area contributed by atoms with Crippen molar-refractivity contribution in [3.05, 3.63) is 70.2 Å². The van der Waals surface area contributed by atoms with Gasteiger partial charge in [-0.25, -0.2) is 0 Å². The van der Waals surface area contributed by atoms with E-state index in [1.54, 1.807) is 0 Å². The van der Waals surface area contributed by atoms with Crippen molar-refractivity contribution in [2.24, 2.45) is 5.73 Å². The Hall–Kier alpha value is -1.84. The van der Waals surface area contributed by atoms with Crippen LogP contribution in [0.1, 0.15) is 16.7 Å². The monoisotopic (exact) mass is 287 g/mol. The Balaban J connectivity index is 2.08. The lowest BCUT2D eigenvalue weighted by Gasteiger charge is -2.18. The Kier molecular flexibility index (Phi) is 4.77. The standard InChI is InChI=1S/C16H18ClN3/c1-20(10-12-5-4-7-14(17)9-12)11-13-6-2-3-8-15(13)16(18)19/h2-9H,10-11H2,1H3,(H3,18,19). The summed E-state index contributed by atoms with van der Waals surface area (Å²) in [5.41, 5.74) is 8.63. The molecule has 104 valence electrons. The van der Waals surface area contributed by atoms with E-state index in [1.807, 2.05) is 49.5 Å². The van der Waals surface area contributed by atoms with E-state index in [4.69, 9.17) is 22.7 Å². The fourth-order valence-corrected chi connectivity index (χ4v) is 2.43.